The van der Waals surface area contributed by atoms with E-state index in [4.69, 9.17) is 0 Å². The van der Waals surface area contributed by atoms with Gasteiger partial charge in [-0.3, -0.25) is 9.59 Å². The monoisotopic (exact) mass is 297 g/mol. The van der Waals surface area contributed by atoms with Gasteiger partial charge in [0.05, 0.1) is 5.71 Å². The summed E-state index contributed by atoms with van der Waals surface area (Å²) in [6.45, 7) is 0. The molecule has 5 nitrogen and oxygen atoms in total. The maximum Gasteiger partial charge on any atom is 0.471 e. The van der Waals surface area contributed by atoms with Crippen molar-refractivity contribution in [1.29, 1.82) is 0 Å². The molecule has 1 heterocycles. The fraction of sp³-hybridized carbons (Fsp3) is 0.308. The summed E-state index contributed by atoms with van der Waals surface area (Å²) in [6.07, 6.45) is -4.19. The maximum atomic E-state index is 12.1. The molecule has 0 spiro atoms. The number of benzene rings is 1. The van der Waals surface area contributed by atoms with Gasteiger partial charge >= 0.3 is 12.1 Å². The Hall–Kier alpha value is -2.38. The Morgan fingerprint density at radius 1 is 1.24 bits per heavy atom. The molecule has 1 aromatic carbocycles. The Kier molecular flexibility index (Phi) is 2.96. The minimum atomic E-state index is -4.92. The highest BCUT2D eigenvalue weighted by Gasteiger charge is 2.49. The molecule has 2 amide bonds. The Balaban J connectivity index is 1.73. The molecule has 0 radical (unpaired) electrons. The van der Waals surface area contributed by atoms with Crippen LogP contribution in [-0.2, 0) is 9.59 Å². The van der Waals surface area contributed by atoms with E-state index < -0.39 is 12.1 Å². The van der Waals surface area contributed by atoms with Gasteiger partial charge in [0.25, 0.3) is 0 Å². The molecule has 0 bridgehead atoms. The highest BCUT2D eigenvalue weighted by molar-refractivity contribution is 6.09. The van der Waals surface area contributed by atoms with Crippen LogP contribution in [0.1, 0.15) is 12.0 Å². The topological polar surface area (TPSA) is 70.6 Å². The molecule has 1 aliphatic carbocycles. The van der Waals surface area contributed by atoms with Gasteiger partial charge in [0, 0.05) is 17.5 Å². The molecule has 8 heteroatoms. The summed E-state index contributed by atoms with van der Waals surface area (Å²) in [4.78, 5) is 22.1. The van der Waals surface area contributed by atoms with Crippen molar-refractivity contribution in [1.82, 2.24) is 5.43 Å². The largest absolute Gasteiger partial charge is 0.471 e. The average molecular weight is 297 g/mol. The molecule has 2 aliphatic rings. The van der Waals surface area contributed by atoms with Gasteiger partial charge in [-0.1, -0.05) is 12.1 Å². The molecule has 110 valence electrons. The van der Waals surface area contributed by atoms with Crippen LogP contribution in [-0.4, -0.2) is 23.7 Å². The number of amides is 2. The normalized spacial score (nSPS) is 23.8. The smallest absolute Gasteiger partial charge is 0.318 e. The Morgan fingerprint density at radius 2 is 1.90 bits per heavy atom. The van der Waals surface area contributed by atoms with Crippen LogP contribution in [0.2, 0.25) is 0 Å². The lowest BCUT2D eigenvalue weighted by Crippen LogP contribution is -2.30. The van der Waals surface area contributed by atoms with Gasteiger partial charge in [-0.25, -0.2) is 5.43 Å². The van der Waals surface area contributed by atoms with Crippen LogP contribution in [0.25, 0.3) is 0 Å². The number of halogens is 3. The number of fused-ring (bicyclic) bond motifs is 1. The average Bonchev–Trinajstić information content (AvgIpc) is 3.20. The van der Waals surface area contributed by atoms with Crippen molar-refractivity contribution in [3.05, 3.63) is 29.8 Å². The van der Waals surface area contributed by atoms with Gasteiger partial charge < -0.3 is 5.32 Å². The van der Waals surface area contributed by atoms with Crippen LogP contribution < -0.4 is 10.7 Å². The summed E-state index contributed by atoms with van der Waals surface area (Å²) in [5.41, 5.74) is 3.90. The third kappa shape index (κ3) is 2.61. The van der Waals surface area contributed by atoms with Gasteiger partial charge in [-0.15, -0.1) is 0 Å². The Morgan fingerprint density at radius 3 is 2.52 bits per heavy atom. The second-order valence-corrected chi connectivity index (χ2v) is 4.95. The van der Waals surface area contributed by atoms with Gasteiger partial charge in [0.1, 0.15) is 0 Å². The van der Waals surface area contributed by atoms with Crippen molar-refractivity contribution < 1.29 is 22.8 Å². The summed E-state index contributed by atoms with van der Waals surface area (Å²) >= 11 is 0. The molecule has 2 N–H and O–H groups in total. The number of carbonyl (C=O) groups excluding carboxylic acids is 2. The lowest BCUT2D eigenvalue weighted by molar-refractivity contribution is -0.167. The molecular weight excluding hydrogens is 287 g/mol. The van der Waals surface area contributed by atoms with Gasteiger partial charge in [0.15, 0.2) is 0 Å². The van der Waals surface area contributed by atoms with Crippen molar-refractivity contribution in [3.8, 4) is 0 Å². The summed E-state index contributed by atoms with van der Waals surface area (Å²) in [5.74, 6) is -2.09. The van der Waals surface area contributed by atoms with Gasteiger partial charge in [0.2, 0.25) is 5.91 Å². The molecule has 0 saturated heterocycles. The third-order valence-corrected chi connectivity index (χ3v) is 3.46. The minimum Gasteiger partial charge on any atom is -0.318 e. The van der Waals surface area contributed by atoms with E-state index in [1.54, 1.807) is 17.4 Å². The number of hydrogen-bond acceptors (Lipinski definition) is 3. The Labute approximate surface area is 117 Å². The molecule has 2 unspecified atom stereocenters. The predicted molar refractivity (Wildman–Crippen MR) is 67.4 cm³/mol. The highest BCUT2D eigenvalue weighted by atomic mass is 19.4. The number of hydrogen-bond donors (Lipinski definition) is 2. The van der Waals surface area contributed by atoms with Gasteiger partial charge in [-0.2, -0.15) is 18.3 Å². The molecular formula is C13H10F3N3O2. The van der Waals surface area contributed by atoms with Crippen molar-refractivity contribution in [2.45, 2.75) is 12.6 Å². The van der Waals surface area contributed by atoms with Crippen LogP contribution in [0.3, 0.4) is 0 Å². The fourth-order valence-corrected chi connectivity index (χ4v) is 2.27. The van der Waals surface area contributed by atoms with E-state index in [1.807, 2.05) is 0 Å². The molecule has 1 saturated carbocycles. The Bertz CT molecular complexity index is 637. The van der Waals surface area contributed by atoms with Crippen LogP contribution >= 0.6 is 0 Å². The van der Waals surface area contributed by atoms with Crippen LogP contribution in [0.5, 0.6) is 0 Å². The highest BCUT2D eigenvalue weighted by Crippen LogP contribution is 2.43. The first-order chi connectivity index (χ1) is 9.86. The van der Waals surface area contributed by atoms with Crippen LogP contribution in [0.15, 0.2) is 29.4 Å². The third-order valence-electron chi connectivity index (χ3n) is 3.46. The zero-order chi connectivity index (χ0) is 15.2. The van der Waals surface area contributed by atoms with Crippen LogP contribution in [0.4, 0.5) is 18.9 Å². The van der Waals surface area contributed by atoms with Crippen molar-refractivity contribution in [2.24, 2.45) is 16.9 Å². The SMILES string of the molecule is O=C1NN=C(c2ccc(NC(=O)C(F)(F)F)cc2)C2CC12. The van der Waals surface area contributed by atoms with E-state index in [0.717, 1.165) is 6.42 Å². The molecule has 3 rings (SSSR count). The molecule has 21 heavy (non-hydrogen) atoms. The standard InChI is InChI=1S/C13H10F3N3O2/c14-13(15,16)12(21)17-7-3-1-6(2-4-7)10-8-5-9(8)11(20)19-18-10/h1-4,8-9H,5H2,(H,17,21)(H,19,20). The fourth-order valence-electron chi connectivity index (χ4n) is 2.27. The van der Waals surface area contributed by atoms with Gasteiger partial charge in [-0.05, 0) is 24.1 Å². The lowest BCUT2D eigenvalue weighted by atomic mass is 10.0. The predicted octanol–water partition coefficient (Wildman–Crippen LogP) is 1.66. The van der Waals surface area contributed by atoms with Crippen molar-refractivity contribution >= 4 is 23.2 Å². The maximum absolute atomic E-state index is 12.1. The summed E-state index contributed by atoms with van der Waals surface area (Å²) in [6, 6.07) is 5.87. The minimum absolute atomic E-state index is 0.0499. The van der Waals surface area contributed by atoms with E-state index in [2.05, 4.69) is 10.5 Å². The molecule has 0 aromatic heterocycles. The number of alkyl halides is 3. The number of carbonyl (C=O) groups is 2. The second kappa shape index (κ2) is 4.57. The van der Waals surface area contributed by atoms with E-state index in [-0.39, 0.29) is 23.4 Å². The van der Waals surface area contributed by atoms with E-state index in [1.165, 1.54) is 12.1 Å². The number of rotatable bonds is 2. The molecule has 1 aromatic rings. The second-order valence-electron chi connectivity index (χ2n) is 4.95. The number of nitrogens with one attached hydrogen (secondary N) is 2. The van der Waals surface area contributed by atoms with E-state index >= 15 is 0 Å². The lowest BCUT2D eigenvalue weighted by Gasteiger charge is -2.12. The zero-order valence-electron chi connectivity index (χ0n) is 10.6. The van der Waals surface area contributed by atoms with Crippen molar-refractivity contribution in [3.63, 3.8) is 0 Å². The van der Waals surface area contributed by atoms with E-state index in [0.29, 0.717) is 11.3 Å². The van der Waals surface area contributed by atoms with E-state index in [9.17, 15) is 22.8 Å². The molecule has 2 atom stereocenters. The first-order valence-electron chi connectivity index (χ1n) is 6.22. The molecule has 1 fully saturated rings. The zero-order valence-corrected chi connectivity index (χ0v) is 10.6. The summed E-state index contributed by atoms with van der Waals surface area (Å²) in [7, 11) is 0. The summed E-state index contributed by atoms with van der Waals surface area (Å²) in [5, 5.41) is 5.75. The molecule has 1 aliphatic heterocycles. The summed E-state index contributed by atoms with van der Waals surface area (Å²) < 4.78 is 36.4. The number of anilines is 1. The first kappa shape index (κ1) is 13.6. The van der Waals surface area contributed by atoms with Crippen LogP contribution in [0, 0.1) is 11.8 Å². The quantitative estimate of drug-likeness (QED) is 0.871. The number of nitrogens with zero attached hydrogens (tertiary/aromatic N) is 1. The number of hydrazone groups is 1. The van der Waals surface area contributed by atoms with Crippen molar-refractivity contribution in [2.75, 3.05) is 5.32 Å². The first-order valence-corrected chi connectivity index (χ1v) is 6.22.